The number of fused-ring (bicyclic) bond motifs is 1. The number of ketones is 1. The zero-order valence-electron chi connectivity index (χ0n) is 13.9. The van der Waals surface area contributed by atoms with Crippen molar-refractivity contribution >= 4 is 15.6 Å². The fourth-order valence-corrected chi connectivity index (χ4v) is 3.96. The highest BCUT2D eigenvalue weighted by Crippen LogP contribution is 2.42. The molecule has 13 heteroatoms. The van der Waals surface area contributed by atoms with Crippen molar-refractivity contribution in [3.63, 3.8) is 0 Å². The summed E-state index contributed by atoms with van der Waals surface area (Å²) in [6.45, 7) is 0. The van der Waals surface area contributed by atoms with E-state index in [1.807, 2.05) is 0 Å². The molecule has 0 aliphatic heterocycles. The third kappa shape index (κ3) is 3.30. The van der Waals surface area contributed by atoms with E-state index in [4.69, 9.17) is 0 Å². The van der Waals surface area contributed by atoms with E-state index in [1.54, 1.807) is 0 Å². The van der Waals surface area contributed by atoms with Gasteiger partial charge in [-0.25, -0.2) is 21.6 Å². The smallest absolute Gasteiger partial charge is 0.319 e. The lowest BCUT2D eigenvalue weighted by Gasteiger charge is -2.23. The third-order valence-corrected chi connectivity index (χ3v) is 5.89. The summed E-state index contributed by atoms with van der Waals surface area (Å²) in [5, 5.41) is 0. The molecule has 1 heterocycles. The number of hydrogen-bond acceptors (Lipinski definition) is 3. The van der Waals surface area contributed by atoms with E-state index in [9.17, 15) is 48.3 Å². The van der Waals surface area contributed by atoms with Crippen LogP contribution in [0, 0.1) is 5.82 Å². The molecule has 1 aliphatic carbocycles. The fourth-order valence-electron chi connectivity index (χ4n) is 2.99. The lowest BCUT2D eigenvalue weighted by atomic mass is 9.93. The van der Waals surface area contributed by atoms with Crippen LogP contribution >= 0.6 is 0 Å². The molecule has 158 valence electrons. The minimum absolute atomic E-state index is 0.259. The first-order chi connectivity index (χ1) is 13.2. The highest BCUT2D eigenvalue weighted by molar-refractivity contribution is 7.92. The average Bonchev–Trinajstić information content (AvgIpc) is 2.98. The van der Waals surface area contributed by atoms with Crippen LogP contribution in [-0.2, 0) is 16.3 Å². The molecule has 2 aromatic rings. The second-order valence-corrected chi connectivity index (χ2v) is 8.08. The van der Waals surface area contributed by atoms with E-state index in [0.29, 0.717) is 16.7 Å². The van der Waals surface area contributed by atoms with Crippen LogP contribution in [0.5, 0.6) is 0 Å². The number of hydrogen-bond donors (Lipinski definition) is 0. The Morgan fingerprint density at radius 1 is 1.14 bits per heavy atom. The van der Waals surface area contributed by atoms with Gasteiger partial charge in [0.25, 0.3) is 16.3 Å². The molecule has 0 N–H and O–H groups in total. The maximum absolute atomic E-state index is 13.8. The molecule has 0 spiro atoms. The molecule has 0 amide bonds. The number of alkyl halides is 7. The Labute approximate surface area is 157 Å². The second kappa shape index (κ2) is 6.54. The zero-order valence-corrected chi connectivity index (χ0v) is 14.7. The molecule has 0 unspecified atom stereocenters. The van der Waals surface area contributed by atoms with Crippen LogP contribution in [0.1, 0.15) is 34.5 Å². The van der Waals surface area contributed by atoms with Gasteiger partial charge in [-0.3, -0.25) is 4.79 Å². The summed E-state index contributed by atoms with van der Waals surface area (Å²) in [5.74, 6) is -7.57. The van der Waals surface area contributed by atoms with Gasteiger partial charge in [0, 0.05) is 24.0 Å². The minimum atomic E-state index is -6.22. The quantitative estimate of drug-likeness (QED) is 0.646. The average molecular weight is 447 g/mol. The van der Waals surface area contributed by atoms with Gasteiger partial charge in [0.05, 0.1) is 11.1 Å². The van der Waals surface area contributed by atoms with Gasteiger partial charge >= 0.3 is 11.4 Å². The van der Waals surface area contributed by atoms with E-state index in [0.717, 1.165) is 6.07 Å². The molecule has 3 rings (SSSR count). The summed E-state index contributed by atoms with van der Waals surface area (Å²) in [6.07, 6.45) is -4.90. The highest BCUT2D eigenvalue weighted by atomic mass is 32.2. The van der Waals surface area contributed by atoms with Gasteiger partial charge in [-0.15, -0.1) is 0 Å². The van der Waals surface area contributed by atoms with Crippen LogP contribution in [-0.4, -0.2) is 30.2 Å². The van der Waals surface area contributed by atoms with Crippen molar-refractivity contribution in [3.8, 4) is 5.69 Å². The predicted molar refractivity (Wildman–Crippen MR) is 81.5 cm³/mol. The normalized spacial score (nSPS) is 16.9. The van der Waals surface area contributed by atoms with Crippen molar-refractivity contribution in [3.05, 3.63) is 47.0 Å². The molecule has 0 bridgehead atoms. The molecule has 4 nitrogen and oxygen atoms in total. The molecular weight excluding hydrogens is 438 g/mol. The monoisotopic (exact) mass is 447 g/mol. The maximum Gasteiger partial charge on any atom is 0.501 e. The van der Waals surface area contributed by atoms with E-state index in [-0.39, 0.29) is 6.20 Å². The van der Waals surface area contributed by atoms with E-state index in [2.05, 4.69) is 0 Å². The van der Waals surface area contributed by atoms with Crippen molar-refractivity contribution in [1.29, 1.82) is 0 Å². The molecule has 29 heavy (non-hydrogen) atoms. The molecule has 0 saturated carbocycles. The summed E-state index contributed by atoms with van der Waals surface area (Å²) >= 11 is 0. The van der Waals surface area contributed by atoms with Crippen LogP contribution in [0.25, 0.3) is 5.69 Å². The maximum atomic E-state index is 13.8. The molecule has 0 atom stereocenters. The van der Waals surface area contributed by atoms with Crippen molar-refractivity contribution in [2.24, 2.45) is 0 Å². The molecule has 1 aromatic heterocycles. The van der Waals surface area contributed by atoms with Crippen LogP contribution in [0.3, 0.4) is 0 Å². The number of Topliss-reactive ketones (excluding diaryl/α,β-unsaturated/α-hetero) is 1. The fraction of sp³-hybridized carbons (Fsp3) is 0.312. The standard InChI is InChI=1S/C16H9F8NO3S/c17-9-2-1-7(5-8(9)14(18)19)25-6-11(29(27,28)16(22,23)24)12-10(25)3-4-15(20,21)13(12)26/h1-2,5-6,14H,3-4H2. The second-order valence-electron chi connectivity index (χ2n) is 6.17. The summed E-state index contributed by atoms with van der Waals surface area (Å²) in [6, 6.07) is 1.92. The van der Waals surface area contributed by atoms with E-state index in [1.165, 1.54) is 0 Å². The first kappa shape index (κ1) is 21.3. The summed E-state index contributed by atoms with van der Waals surface area (Å²) in [7, 11) is -6.22. The van der Waals surface area contributed by atoms with Crippen LogP contribution < -0.4 is 0 Å². The number of nitrogens with zero attached hydrogens (tertiary/aromatic N) is 1. The van der Waals surface area contributed by atoms with Crippen LogP contribution in [0.15, 0.2) is 29.3 Å². The first-order valence-corrected chi connectivity index (χ1v) is 9.23. The summed E-state index contributed by atoms with van der Waals surface area (Å²) < 4.78 is 130. The molecular formula is C16H9F8NO3S. The number of aromatic nitrogens is 1. The molecule has 0 saturated heterocycles. The van der Waals surface area contributed by atoms with Gasteiger partial charge < -0.3 is 4.57 Å². The summed E-state index contributed by atoms with van der Waals surface area (Å²) in [5.41, 5.74) is -9.36. The number of carbonyl (C=O) groups is 1. The van der Waals surface area contributed by atoms with Crippen molar-refractivity contribution < 1.29 is 48.3 Å². The Hall–Kier alpha value is -2.44. The number of carbonyl (C=O) groups excluding carboxylic acids is 1. The first-order valence-electron chi connectivity index (χ1n) is 7.74. The highest BCUT2D eigenvalue weighted by Gasteiger charge is 2.54. The van der Waals surface area contributed by atoms with Crippen molar-refractivity contribution in [2.45, 2.75) is 35.6 Å². The molecule has 0 fully saturated rings. The van der Waals surface area contributed by atoms with Crippen LogP contribution in [0.4, 0.5) is 35.1 Å². The Bertz CT molecular complexity index is 1100. The predicted octanol–water partition coefficient (Wildman–Crippen LogP) is 4.61. The lowest BCUT2D eigenvalue weighted by Crippen LogP contribution is -2.36. The SMILES string of the molecule is O=C1c2c(S(=O)(=O)C(F)(F)F)cn(-c3ccc(F)c(C(F)F)c3)c2CCC1(F)F. The largest absolute Gasteiger partial charge is 0.501 e. The number of benzene rings is 1. The van der Waals surface area contributed by atoms with Crippen molar-refractivity contribution in [2.75, 3.05) is 0 Å². The summed E-state index contributed by atoms with van der Waals surface area (Å²) in [4.78, 5) is 10.3. The topological polar surface area (TPSA) is 56.1 Å². The minimum Gasteiger partial charge on any atom is -0.319 e. The Morgan fingerprint density at radius 3 is 2.31 bits per heavy atom. The number of sulfone groups is 1. The van der Waals surface area contributed by atoms with Crippen LogP contribution in [0.2, 0.25) is 0 Å². The Morgan fingerprint density at radius 2 is 1.76 bits per heavy atom. The van der Waals surface area contributed by atoms with Gasteiger partial charge in [-0.1, -0.05) is 0 Å². The van der Waals surface area contributed by atoms with Crippen molar-refractivity contribution in [1.82, 2.24) is 4.57 Å². The zero-order chi connectivity index (χ0) is 21.9. The Kier molecular flexibility index (Phi) is 4.80. The van der Waals surface area contributed by atoms with E-state index < -0.39 is 79.5 Å². The molecule has 1 aromatic carbocycles. The Balaban J connectivity index is 2.34. The molecule has 1 aliphatic rings. The van der Waals surface area contributed by atoms with Gasteiger partial charge in [0.2, 0.25) is 5.78 Å². The molecule has 0 radical (unpaired) electrons. The number of halogens is 8. The van der Waals surface area contributed by atoms with Gasteiger partial charge in [-0.05, 0) is 24.6 Å². The van der Waals surface area contributed by atoms with Gasteiger partial charge in [0.15, 0.2) is 0 Å². The van der Waals surface area contributed by atoms with E-state index >= 15 is 0 Å². The third-order valence-electron chi connectivity index (χ3n) is 4.39. The number of rotatable bonds is 3. The lowest BCUT2D eigenvalue weighted by molar-refractivity contribution is -0.0436. The van der Waals surface area contributed by atoms with Gasteiger partial charge in [-0.2, -0.15) is 22.0 Å². The van der Waals surface area contributed by atoms with Gasteiger partial charge in [0.1, 0.15) is 10.7 Å².